The third kappa shape index (κ3) is 3.37. The Morgan fingerprint density at radius 2 is 2.04 bits per heavy atom. The number of aromatic nitrogens is 1. The Morgan fingerprint density at radius 3 is 2.65 bits per heavy atom. The van der Waals surface area contributed by atoms with E-state index in [0.29, 0.717) is 19.6 Å². The molecule has 1 aliphatic carbocycles. The van der Waals surface area contributed by atoms with Gasteiger partial charge in [-0.1, -0.05) is 11.6 Å². The van der Waals surface area contributed by atoms with Crippen LogP contribution in [0.4, 0.5) is 15.0 Å². The minimum absolute atomic E-state index is 0.257. The zero-order valence-electron chi connectivity index (χ0n) is 13.6. The molecule has 2 aliphatic rings. The number of amides is 1. The number of halogens is 2. The lowest BCUT2D eigenvalue weighted by molar-refractivity contribution is 0.0106. The van der Waals surface area contributed by atoms with Crippen LogP contribution >= 0.6 is 11.6 Å². The lowest BCUT2D eigenvalue weighted by Gasteiger charge is -2.42. The van der Waals surface area contributed by atoms with E-state index < -0.39 is 11.4 Å². The van der Waals surface area contributed by atoms with Crippen molar-refractivity contribution in [1.29, 1.82) is 0 Å². The lowest BCUT2D eigenvalue weighted by Crippen LogP contribution is -2.58. The first-order chi connectivity index (χ1) is 10.7. The molecule has 0 aromatic carbocycles. The van der Waals surface area contributed by atoms with Crippen molar-refractivity contribution in [3.05, 3.63) is 23.1 Å². The Balaban J connectivity index is 1.76. The first kappa shape index (κ1) is 16.3. The molecule has 1 spiro atoms. The molecule has 1 aromatic heterocycles. The van der Waals surface area contributed by atoms with Crippen LogP contribution in [0.1, 0.15) is 33.6 Å². The third-order valence-corrected chi connectivity index (χ3v) is 4.40. The minimum Gasteiger partial charge on any atom is -0.444 e. The SMILES string of the molecule is CC(C)(C)OC(=O)N1CCN(c2nc(Cl)ccc2F)CC12CC2. The number of piperazine rings is 1. The topological polar surface area (TPSA) is 45.7 Å². The summed E-state index contributed by atoms with van der Waals surface area (Å²) < 4.78 is 19.5. The number of nitrogens with zero attached hydrogens (tertiary/aromatic N) is 3. The van der Waals surface area contributed by atoms with Gasteiger partial charge in [-0.05, 0) is 45.7 Å². The number of carbonyl (C=O) groups excluding carboxylic acids is 1. The van der Waals surface area contributed by atoms with Crippen LogP contribution in [0.2, 0.25) is 5.15 Å². The van der Waals surface area contributed by atoms with E-state index in [1.165, 1.54) is 12.1 Å². The summed E-state index contributed by atoms with van der Waals surface area (Å²) in [6.45, 7) is 7.11. The predicted octanol–water partition coefficient (Wildman–Crippen LogP) is 3.46. The fourth-order valence-corrected chi connectivity index (χ4v) is 3.11. The summed E-state index contributed by atoms with van der Waals surface area (Å²) in [5.41, 5.74) is -0.790. The van der Waals surface area contributed by atoms with Crippen LogP contribution in [0.15, 0.2) is 12.1 Å². The maximum Gasteiger partial charge on any atom is 0.410 e. The van der Waals surface area contributed by atoms with E-state index in [1.54, 1.807) is 4.90 Å². The van der Waals surface area contributed by atoms with E-state index in [4.69, 9.17) is 16.3 Å². The second kappa shape index (κ2) is 5.51. The monoisotopic (exact) mass is 341 g/mol. The van der Waals surface area contributed by atoms with Crippen molar-refractivity contribution in [2.75, 3.05) is 24.5 Å². The van der Waals surface area contributed by atoms with Gasteiger partial charge in [0.2, 0.25) is 0 Å². The van der Waals surface area contributed by atoms with Crippen LogP contribution in [0.3, 0.4) is 0 Å². The normalized spacial score (nSPS) is 19.9. The van der Waals surface area contributed by atoms with Gasteiger partial charge >= 0.3 is 6.09 Å². The van der Waals surface area contributed by atoms with E-state index in [1.807, 2.05) is 25.7 Å². The van der Waals surface area contributed by atoms with Crippen LogP contribution in [-0.2, 0) is 4.74 Å². The molecule has 5 nitrogen and oxygen atoms in total. The van der Waals surface area contributed by atoms with Crippen LogP contribution in [0, 0.1) is 5.82 Å². The molecule has 0 unspecified atom stereocenters. The number of hydrogen-bond acceptors (Lipinski definition) is 4. The molecule has 0 N–H and O–H groups in total. The molecule has 1 saturated heterocycles. The van der Waals surface area contributed by atoms with Crippen molar-refractivity contribution in [2.24, 2.45) is 0 Å². The quantitative estimate of drug-likeness (QED) is 0.734. The van der Waals surface area contributed by atoms with Gasteiger partial charge in [0.15, 0.2) is 11.6 Å². The molecule has 1 amide bonds. The summed E-state index contributed by atoms with van der Waals surface area (Å²) in [6.07, 6.45) is 1.49. The average molecular weight is 342 g/mol. The Kier molecular flexibility index (Phi) is 3.91. The molecule has 1 saturated carbocycles. The van der Waals surface area contributed by atoms with Crippen LogP contribution < -0.4 is 4.90 Å². The van der Waals surface area contributed by atoms with Crippen molar-refractivity contribution in [3.63, 3.8) is 0 Å². The van der Waals surface area contributed by atoms with Crippen molar-refractivity contribution >= 4 is 23.5 Å². The Bertz CT molecular complexity index is 628. The molecule has 126 valence electrons. The van der Waals surface area contributed by atoms with Crippen molar-refractivity contribution in [2.45, 2.75) is 44.8 Å². The molecule has 3 rings (SSSR count). The molecule has 0 radical (unpaired) electrons. The number of hydrogen-bond donors (Lipinski definition) is 0. The maximum atomic E-state index is 14.0. The number of carbonyl (C=O) groups is 1. The van der Waals surface area contributed by atoms with E-state index in [0.717, 1.165) is 12.8 Å². The highest BCUT2D eigenvalue weighted by Crippen LogP contribution is 2.45. The molecule has 1 aliphatic heterocycles. The van der Waals surface area contributed by atoms with Crippen molar-refractivity contribution in [1.82, 2.24) is 9.88 Å². The molecule has 7 heteroatoms. The zero-order valence-corrected chi connectivity index (χ0v) is 14.4. The smallest absolute Gasteiger partial charge is 0.410 e. The van der Waals surface area contributed by atoms with Crippen LogP contribution in [0.25, 0.3) is 0 Å². The molecular formula is C16H21ClFN3O2. The van der Waals surface area contributed by atoms with E-state index >= 15 is 0 Å². The first-order valence-electron chi connectivity index (χ1n) is 7.78. The second-order valence-corrected chi connectivity index (χ2v) is 7.60. The molecular weight excluding hydrogens is 321 g/mol. The first-order valence-corrected chi connectivity index (χ1v) is 8.16. The molecule has 0 bridgehead atoms. The largest absolute Gasteiger partial charge is 0.444 e. The van der Waals surface area contributed by atoms with E-state index in [9.17, 15) is 9.18 Å². The summed E-state index contributed by atoms with van der Waals surface area (Å²) in [5, 5.41) is 0.265. The molecule has 2 heterocycles. The Labute approximate surface area is 140 Å². The van der Waals surface area contributed by atoms with Crippen molar-refractivity contribution in [3.8, 4) is 0 Å². The third-order valence-electron chi connectivity index (χ3n) is 4.19. The van der Waals surface area contributed by atoms with Gasteiger partial charge in [0, 0.05) is 19.6 Å². The van der Waals surface area contributed by atoms with E-state index in [-0.39, 0.29) is 22.6 Å². The number of ether oxygens (including phenoxy) is 1. The fraction of sp³-hybridized carbons (Fsp3) is 0.625. The van der Waals surface area contributed by atoms with Gasteiger partial charge in [-0.15, -0.1) is 0 Å². The zero-order chi connectivity index (χ0) is 16.8. The molecule has 0 atom stereocenters. The fourth-order valence-electron chi connectivity index (χ4n) is 2.96. The van der Waals surface area contributed by atoms with Crippen molar-refractivity contribution < 1.29 is 13.9 Å². The summed E-state index contributed by atoms with van der Waals surface area (Å²) >= 11 is 5.89. The Morgan fingerprint density at radius 1 is 1.35 bits per heavy atom. The minimum atomic E-state index is -0.523. The van der Waals surface area contributed by atoms with E-state index in [2.05, 4.69) is 4.98 Å². The maximum absolute atomic E-state index is 14.0. The van der Waals surface area contributed by atoms with Gasteiger partial charge in [-0.2, -0.15) is 0 Å². The standard InChI is InChI=1S/C16H21ClFN3O2/c1-15(2,3)23-14(22)21-9-8-20(10-16(21)6-7-16)13-11(18)4-5-12(17)19-13/h4-5H,6-10H2,1-3H3. The highest BCUT2D eigenvalue weighted by Gasteiger charge is 2.54. The number of rotatable bonds is 1. The predicted molar refractivity (Wildman–Crippen MR) is 86.3 cm³/mol. The van der Waals surface area contributed by atoms with Crippen LogP contribution in [0.5, 0.6) is 0 Å². The average Bonchev–Trinajstić information content (AvgIpc) is 3.19. The summed E-state index contributed by atoms with van der Waals surface area (Å²) in [6, 6.07) is 2.76. The summed E-state index contributed by atoms with van der Waals surface area (Å²) in [5.74, 6) is -0.136. The Hall–Kier alpha value is -1.56. The summed E-state index contributed by atoms with van der Waals surface area (Å²) in [7, 11) is 0. The van der Waals surface area contributed by atoms with Gasteiger partial charge in [0.25, 0.3) is 0 Å². The number of anilines is 1. The van der Waals surface area contributed by atoms with Gasteiger partial charge < -0.3 is 9.64 Å². The van der Waals surface area contributed by atoms with Gasteiger partial charge in [0.1, 0.15) is 10.8 Å². The molecule has 23 heavy (non-hydrogen) atoms. The summed E-state index contributed by atoms with van der Waals surface area (Å²) in [4.78, 5) is 20.2. The molecule has 2 fully saturated rings. The number of pyridine rings is 1. The second-order valence-electron chi connectivity index (χ2n) is 7.22. The lowest BCUT2D eigenvalue weighted by atomic mass is 10.1. The highest BCUT2D eigenvalue weighted by molar-refractivity contribution is 6.29. The highest BCUT2D eigenvalue weighted by atomic mass is 35.5. The van der Waals surface area contributed by atoms with Gasteiger partial charge in [-0.3, -0.25) is 4.90 Å². The van der Waals surface area contributed by atoms with Crippen LogP contribution in [-0.4, -0.2) is 46.8 Å². The molecule has 1 aromatic rings. The van der Waals surface area contributed by atoms with Gasteiger partial charge in [0.05, 0.1) is 5.54 Å². The van der Waals surface area contributed by atoms with Gasteiger partial charge in [-0.25, -0.2) is 14.2 Å².